The van der Waals surface area contributed by atoms with Gasteiger partial charge in [0.2, 0.25) is 0 Å². The van der Waals surface area contributed by atoms with Gasteiger partial charge in [-0.05, 0) is 12.0 Å². The molecular formula is C19H25N5O. The number of anilines is 2. The van der Waals surface area contributed by atoms with Gasteiger partial charge in [0.15, 0.2) is 0 Å². The largest absolute Gasteiger partial charge is 0.378 e. The first-order valence-electron chi connectivity index (χ1n) is 9.04. The van der Waals surface area contributed by atoms with E-state index in [1.807, 2.05) is 0 Å². The normalized spacial score (nSPS) is 21.4. The molecule has 0 aliphatic carbocycles. The Morgan fingerprint density at radius 3 is 2.76 bits per heavy atom. The summed E-state index contributed by atoms with van der Waals surface area (Å²) in [4.78, 5) is 13.6. The lowest BCUT2D eigenvalue weighted by atomic mass is 10.2. The molecule has 3 heterocycles. The average Bonchev–Trinajstić information content (AvgIpc) is 3.10. The number of benzene rings is 1. The topological polar surface area (TPSA) is 53.5 Å². The Kier molecular flexibility index (Phi) is 5.09. The van der Waals surface area contributed by atoms with Crippen molar-refractivity contribution >= 4 is 11.6 Å². The van der Waals surface area contributed by atoms with Crippen molar-refractivity contribution < 1.29 is 4.74 Å². The van der Waals surface area contributed by atoms with Crippen LogP contribution in [0.1, 0.15) is 12.0 Å². The SMILES string of the molecule is c1ccc(CN2CC[C@H](Nc3cc(N4CCOCC4)ncn3)C2)cc1. The van der Waals surface area contributed by atoms with E-state index in [0.717, 1.165) is 64.0 Å². The fraction of sp³-hybridized carbons (Fsp3) is 0.474. The quantitative estimate of drug-likeness (QED) is 0.899. The summed E-state index contributed by atoms with van der Waals surface area (Å²) in [5.41, 5.74) is 1.37. The summed E-state index contributed by atoms with van der Waals surface area (Å²) < 4.78 is 5.41. The van der Waals surface area contributed by atoms with Gasteiger partial charge in [0, 0.05) is 44.8 Å². The number of hydrogen-bond acceptors (Lipinski definition) is 6. The van der Waals surface area contributed by atoms with E-state index >= 15 is 0 Å². The summed E-state index contributed by atoms with van der Waals surface area (Å²) in [7, 11) is 0. The molecule has 1 N–H and O–H groups in total. The van der Waals surface area contributed by atoms with Crippen LogP contribution in [0.2, 0.25) is 0 Å². The molecule has 2 aromatic rings. The van der Waals surface area contributed by atoms with Crippen LogP contribution in [0.5, 0.6) is 0 Å². The highest BCUT2D eigenvalue weighted by Crippen LogP contribution is 2.20. The molecule has 0 bridgehead atoms. The molecule has 0 radical (unpaired) electrons. The second kappa shape index (κ2) is 7.80. The van der Waals surface area contributed by atoms with Crippen molar-refractivity contribution in [1.82, 2.24) is 14.9 Å². The fourth-order valence-electron chi connectivity index (χ4n) is 3.54. The third-order valence-electron chi connectivity index (χ3n) is 4.86. The van der Waals surface area contributed by atoms with Crippen LogP contribution in [0.3, 0.4) is 0 Å². The van der Waals surface area contributed by atoms with Crippen LogP contribution in [0.25, 0.3) is 0 Å². The van der Waals surface area contributed by atoms with Crippen LogP contribution in [0, 0.1) is 0 Å². The zero-order chi connectivity index (χ0) is 16.9. The maximum Gasteiger partial charge on any atom is 0.134 e. The maximum absolute atomic E-state index is 5.41. The third kappa shape index (κ3) is 4.27. The first kappa shape index (κ1) is 16.3. The minimum Gasteiger partial charge on any atom is -0.378 e. The van der Waals surface area contributed by atoms with Gasteiger partial charge in [-0.2, -0.15) is 0 Å². The van der Waals surface area contributed by atoms with E-state index in [-0.39, 0.29) is 0 Å². The summed E-state index contributed by atoms with van der Waals surface area (Å²) in [5.74, 6) is 1.91. The summed E-state index contributed by atoms with van der Waals surface area (Å²) in [6.45, 7) is 6.50. The van der Waals surface area contributed by atoms with Crippen molar-refractivity contribution in [3.8, 4) is 0 Å². The van der Waals surface area contributed by atoms with Gasteiger partial charge in [0.1, 0.15) is 18.0 Å². The molecule has 2 aliphatic heterocycles. The van der Waals surface area contributed by atoms with Crippen LogP contribution in [-0.2, 0) is 11.3 Å². The Hall–Kier alpha value is -2.18. The van der Waals surface area contributed by atoms with E-state index in [2.05, 4.69) is 61.5 Å². The van der Waals surface area contributed by atoms with Crippen LogP contribution < -0.4 is 10.2 Å². The molecule has 2 fully saturated rings. The van der Waals surface area contributed by atoms with Crippen molar-refractivity contribution in [2.75, 3.05) is 49.6 Å². The zero-order valence-electron chi connectivity index (χ0n) is 14.5. The first-order chi connectivity index (χ1) is 12.4. The highest BCUT2D eigenvalue weighted by molar-refractivity contribution is 5.49. The summed E-state index contributed by atoms with van der Waals surface area (Å²) in [6, 6.07) is 13.2. The second-order valence-electron chi connectivity index (χ2n) is 6.71. The minimum atomic E-state index is 0.441. The Morgan fingerprint density at radius 1 is 1.08 bits per heavy atom. The monoisotopic (exact) mass is 339 g/mol. The van der Waals surface area contributed by atoms with Crippen molar-refractivity contribution in [2.24, 2.45) is 0 Å². The molecule has 6 heteroatoms. The smallest absolute Gasteiger partial charge is 0.134 e. The van der Waals surface area contributed by atoms with Gasteiger partial charge in [-0.1, -0.05) is 30.3 Å². The molecule has 1 atom stereocenters. The number of likely N-dealkylation sites (tertiary alicyclic amines) is 1. The summed E-state index contributed by atoms with van der Waals surface area (Å²) in [6.07, 6.45) is 2.80. The predicted octanol–water partition coefficient (Wildman–Crippen LogP) is 2.00. The van der Waals surface area contributed by atoms with Crippen molar-refractivity contribution in [1.29, 1.82) is 0 Å². The van der Waals surface area contributed by atoms with Crippen LogP contribution in [0.4, 0.5) is 11.6 Å². The molecule has 4 rings (SSSR count). The molecule has 0 saturated carbocycles. The molecule has 6 nitrogen and oxygen atoms in total. The lowest BCUT2D eigenvalue weighted by molar-refractivity contribution is 0.122. The van der Waals surface area contributed by atoms with Gasteiger partial charge in [0.25, 0.3) is 0 Å². The number of morpholine rings is 1. The van der Waals surface area contributed by atoms with Gasteiger partial charge >= 0.3 is 0 Å². The Bertz CT molecular complexity index is 675. The van der Waals surface area contributed by atoms with Gasteiger partial charge in [-0.25, -0.2) is 9.97 Å². The molecule has 0 spiro atoms. The standard InChI is InChI=1S/C19H25N5O/c1-2-4-16(5-3-1)13-23-7-6-17(14-23)22-18-12-19(21-15-20-18)24-8-10-25-11-9-24/h1-5,12,15,17H,6-11,13-14H2,(H,20,21,22)/t17-/m0/s1. The highest BCUT2D eigenvalue weighted by atomic mass is 16.5. The van der Waals surface area contributed by atoms with Gasteiger partial charge < -0.3 is 15.0 Å². The zero-order valence-corrected chi connectivity index (χ0v) is 14.5. The average molecular weight is 339 g/mol. The Balaban J connectivity index is 1.33. The molecule has 132 valence electrons. The van der Waals surface area contributed by atoms with E-state index in [1.165, 1.54) is 5.56 Å². The molecule has 2 saturated heterocycles. The van der Waals surface area contributed by atoms with E-state index in [4.69, 9.17) is 4.74 Å². The molecule has 2 aliphatic rings. The van der Waals surface area contributed by atoms with Crippen LogP contribution >= 0.6 is 0 Å². The second-order valence-corrected chi connectivity index (χ2v) is 6.71. The van der Waals surface area contributed by atoms with Gasteiger partial charge in [-0.15, -0.1) is 0 Å². The van der Waals surface area contributed by atoms with Gasteiger partial charge in [0.05, 0.1) is 13.2 Å². The lowest BCUT2D eigenvalue weighted by Gasteiger charge is -2.28. The van der Waals surface area contributed by atoms with E-state index in [1.54, 1.807) is 6.33 Å². The number of hydrogen-bond donors (Lipinski definition) is 1. The fourth-order valence-corrected chi connectivity index (χ4v) is 3.54. The lowest BCUT2D eigenvalue weighted by Crippen LogP contribution is -2.36. The summed E-state index contributed by atoms with van der Waals surface area (Å²) in [5, 5.41) is 3.59. The van der Waals surface area contributed by atoms with Gasteiger partial charge in [-0.3, -0.25) is 4.90 Å². The van der Waals surface area contributed by atoms with Crippen molar-refractivity contribution in [3.05, 3.63) is 48.3 Å². The number of ether oxygens (including phenoxy) is 1. The molecular weight excluding hydrogens is 314 g/mol. The van der Waals surface area contributed by atoms with E-state index in [9.17, 15) is 0 Å². The predicted molar refractivity (Wildman–Crippen MR) is 98.8 cm³/mol. The third-order valence-corrected chi connectivity index (χ3v) is 4.86. The number of nitrogens with zero attached hydrogens (tertiary/aromatic N) is 4. The molecule has 0 unspecified atom stereocenters. The minimum absolute atomic E-state index is 0.441. The van der Waals surface area contributed by atoms with Crippen LogP contribution in [-0.4, -0.2) is 60.3 Å². The Labute approximate surface area is 148 Å². The van der Waals surface area contributed by atoms with Crippen molar-refractivity contribution in [3.63, 3.8) is 0 Å². The van der Waals surface area contributed by atoms with E-state index < -0.39 is 0 Å². The number of aromatic nitrogens is 2. The Morgan fingerprint density at radius 2 is 1.92 bits per heavy atom. The molecule has 0 amide bonds. The molecule has 1 aromatic carbocycles. The summed E-state index contributed by atoms with van der Waals surface area (Å²) >= 11 is 0. The first-order valence-corrected chi connectivity index (χ1v) is 9.04. The highest BCUT2D eigenvalue weighted by Gasteiger charge is 2.23. The maximum atomic E-state index is 5.41. The van der Waals surface area contributed by atoms with Crippen LogP contribution in [0.15, 0.2) is 42.7 Å². The van der Waals surface area contributed by atoms with Crippen molar-refractivity contribution in [2.45, 2.75) is 19.0 Å². The molecule has 25 heavy (non-hydrogen) atoms. The number of nitrogens with one attached hydrogen (secondary N) is 1. The van der Waals surface area contributed by atoms with E-state index in [0.29, 0.717) is 6.04 Å². The molecule has 1 aromatic heterocycles. The number of rotatable bonds is 5.